The third-order valence-electron chi connectivity index (χ3n) is 5.77. The number of amidine groups is 2. The van der Waals surface area contributed by atoms with Crippen LogP contribution in [0.25, 0.3) is 21.9 Å². The number of rotatable bonds is 3. The third-order valence-corrected chi connectivity index (χ3v) is 5.77. The second-order valence-electron chi connectivity index (χ2n) is 9.25. The molecule has 0 spiro atoms. The Hall–Kier alpha value is -3.29. The zero-order valence-corrected chi connectivity index (χ0v) is 18.2. The Balaban J connectivity index is 2.09. The van der Waals surface area contributed by atoms with Gasteiger partial charge in [0.1, 0.15) is 11.7 Å². The molecular weight excluding hydrogens is 437 g/mol. The Labute approximate surface area is 187 Å². The largest absolute Gasteiger partial charge is 0.416 e. The highest BCUT2D eigenvalue weighted by Gasteiger charge is 2.33. The zero-order chi connectivity index (χ0) is 24.3. The molecule has 1 heterocycles. The molecule has 3 aromatic carbocycles. The average Bonchev–Trinajstić information content (AvgIpc) is 2.97. The van der Waals surface area contributed by atoms with E-state index in [0.717, 1.165) is 17.7 Å². The van der Waals surface area contributed by atoms with E-state index >= 15 is 0 Å². The summed E-state index contributed by atoms with van der Waals surface area (Å²) in [6.07, 6.45) is -8.34. The molecule has 0 fully saturated rings. The average molecular weight is 459 g/mol. The second kappa shape index (κ2) is 7.64. The van der Waals surface area contributed by atoms with Crippen molar-refractivity contribution in [2.45, 2.75) is 45.2 Å². The van der Waals surface area contributed by atoms with E-state index in [9.17, 15) is 22.0 Å². The Morgan fingerprint density at radius 1 is 0.848 bits per heavy atom. The molecule has 0 unspecified atom stereocenters. The molecular formula is C25H22F5N3. The van der Waals surface area contributed by atoms with Crippen LogP contribution in [0.5, 0.6) is 0 Å². The normalized spacial score (nSPS) is 14.2. The predicted octanol–water partition coefficient (Wildman–Crippen LogP) is 6.88. The van der Waals surface area contributed by atoms with Crippen LogP contribution in [0, 0.1) is 10.8 Å². The summed E-state index contributed by atoms with van der Waals surface area (Å²) in [7, 11) is 0. The molecule has 8 heteroatoms. The van der Waals surface area contributed by atoms with E-state index in [4.69, 9.17) is 10.8 Å². The molecule has 0 amide bonds. The quantitative estimate of drug-likeness (QED) is 0.367. The lowest BCUT2D eigenvalue weighted by atomic mass is 9.83. The van der Waals surface area contributed by atoms with Crippen LogP contribution in [-0.4, -0.2) is 18.1 Å². The first-order valence-corrected chi connectivity index (χ1v) is 10.3. The van der Waals surface area contributed by atoms with Crippen LogP contribution >= 0.6 is 0 Å². The van der Waals surface area contributed by atoms with Crippen LogP contribution in [0.3, 0.4) is 0 Å². The van der Waals surface area contributed by atoms with Gasteiger partial charge in [0, 0.05) is 23.1 Å². The minimum Gasteiger partial charge on any atom is -0.325 e. The maximum Gasteiger partial charge on any atom is 0.416 e. The van der Waals surface area contributed by atoms with Gasteiger partial charge in [-0.15, -0.1) is 0 Å². The van der Waals surface area contributed by atoms with Gasteiger partial charge in [0.05, 0.1) is 5.56 Å². The van der Waals surface area contributed by atoms with Crippen LogP contribution in [0.4, 0.5) is 22.0 Å². The first-order valence-electron chi connectivity index (χ1n) is 10.3. The molecule has 3 N–H and O–H groups in total. The molecule has 0 aliphatic carbocycles. The van der Waals surface area contributed by atoms with Gasteiger partial charge in [-0.25, -0.2) is 8.78 Å². The number of fused-ring (bicyclic) bond motifs is 2. The summed E-state index contributed by atoms with van der Waals surface area (Å²) in [6.45, 7) is 6.10. The summed E-state index contributed by atoms with van der Waals surface area (Å²) in [4.78, 5) is 0. The highest BCUT2D eigenvalue weighted by molar-refractivity contribution is 6.28. The number of halogens is 5. The monoisotopic (exact) mass is 459 g/mol. The lowest BCUT2D eigenvalue weighted by Gasteiger charge is -2.21. The van der Waals surface area contributed by atoms with Gasteiger partial charge >= 0.3 is 6.18 Å². The molecule has 33 heavy (non-hydrogen) atoms. The van der Waals surface area contributed by atoms with Gasteiger partial charge < -0.3 is 5.32 Å². The number of benzene rings is 3. The number of nitrogens with one attached hydrogen (secondary N) is 3. The molecule has 3 aromatic rings. The summed E-state index contributed by atoms with van der Waals surface area (Å²) in [5.41, 5.74) is 0.735. The smallest absolute Gasteiger partial charge is 0.325 e. The summed E-state index contributed by atoms with van der Waals surface area (Å²) >= 11 is 0. The van der Waals surface area contributed by atoms with Crippen molar-refractivity contribution in [2.24, 2.45) is 0 Å². The Morgan fingerprint density at radius 3 is 2.15 bits per heavy atom. The molecule has 172 valence electrons. The number of alkyl halides is 5. The van der Waals surface area contributed by atoms with E-state index in [0.29, 0.717) is 27.5 Å². The van der Waals surface area contributed by atoms with Crippen LogP contribution in [0.15, 0.2) is 42.5 Å². The fourth-order valence-electron chi connectivity index (χ4n) is 4.18. The Kier molecular flexibility index (Phi) is 5.30. The SMILES string of the molecule is CC(C)(C)c1ccc2c(-c3cc(CC(F)F)cc(C(F)(F)F)c3)c3c(cc2c1)C(=N)NC3=N. The zero-order valence-electron chi connectivity index (χ0n) is 18.2. The lowest BCUT2D eigenvalue weighted by Crippen LogP contribution is -2.20. The molecule has 0 radical (unpaired) electrons. The van der Waals surface area contributed by atoms with E-state index in [1.807, 2.05) is 32.9 Å². The van der Waals surface area contributed by atoms with Gasteiger partial charge in [0.15, 0.2) is 0 Å². The molecule has 4 rings (SSSR count). The van der Waals surface area contributed by atoms with Crippen LogP contribution in [-0.2, 0) is 18.0 Å². The minimum atomic E-state index is -4.72. The van der Waals surface area contributed by atoms with Gasteiger partial charge in [0.2, 0.25) is 6.43 Å². The standard InChI is InChI=1S/C25H22F5N3/c1-24(2,3)15-4-5-17-13(9-15)11-18-21(23(32)33-22(18)31)20(17)14-6-12(8-19(26)27)7-16(10-14)25(28,29)30/h4-7,9-11,19H,8H2,1-3H3,(H3,31,32,33). The first-order chi connectivity index (χ1) is 15.3. The van der Waals surface area contributed by atoms with Gasteiger partial charge in [-0.1, -0.05) is 45.0 Å². The molecule has 1 aliphatic rings. The highest BCUT2D eigenvalue weighted by Crippen LogP contribution is 2.41. The van der Waals surface area contributed by atoms with Crippen LogP contribution in [0.2, 0.25) is 0 Å². The van der Waals surface area contributed by atoms with E-state index in [1.165, 1.54) is 6.07 Å². The second-order valence-corrected chi connectivity index (χ2v) is 9.25. The molecule has 0 aromatic heterocycles. The fraction of sp³-hybridized carbons (Fsp3) is 0.280. The van der Waals surface area contributed by atoms with E-state index < -0.39 is 24.6 Å². The van der Waals surface area contributed by atoms with Crippen molar-refractivity contribution < 1.29 is 22.0 Å². The minimum absolute atomic E-state index is 0.0286. The topological polar surface area (TPSA) is 59.7 Å². The van der Waals surface area contributed by atoms with Crippen LogP contribution in [0.1, 0.15) is 48.6 Å². The van der Waals surface area contributed by atoms with E-state index in [2.05, 4.69) is 5.32 Å². The number of hydrogen-bond acceptors (Lipinski definition) is 2. The molecule has 1 aliphatic heterocycles. The molecule has 0 saturated heterocycles. The maximum atomic E-state index is 13.6. The van der Waals surface area contributed by atoms with Gasteiger partial charge in [-0.3, -0.25) is 10.8 Å². The molecule has 3 nitrogen and oxygen atoms in total. The van der Waals surface area contributed by atoms with Gasteiger partial charge in [0.25, 0.3) is 0 Å². The maximum absolute atomic E-state index is 13.6. The van der Waals surface area contributed by atoms with Crippen molar-refractivity contribution in [2.75, 3.05) is 0 Å². The summed E-state index contributed by atoms with van der Waals surface area (Å²) in [5, 5.41) is 20.4. The first kappa shape index (κ1) is 22.9. The summed E-state index contributed by atoms with van der Waals surface area (Å²) in [6, 6.07) is 10.3. The Bertz CT molecular complexity index is 1300. The van der Waals surface area contributed by atoms with Gasteiger partial charge in [-0.05, 0) is 51.1 Å². The van der Waals surface area contributed by atoms with Crippen molar-refractivity contribution in [3.63, 3.8) is 0 Å². The summed E-state index contributed by atoms with van der Waals surface area (Å²) < 4.78 is 67.0. The molecule has 0 saturated carbocycles. The van der Waals surface area contributed by atoms with Crippen molar-refractivity contribution >= 4 is 22.4 Å². The van der Waals surface area contributed by atoms with Gasteiger partial charge in [-0.2, -0.15) is 13.2 Å². The van der Waals surface area contributed by atoms with Crippen LogP contribution < -0.4 is 5.32 Å². The van der Waals surface area contributed by atoms with Crippen molar-refractivity contribution in [3.8, 4) is 11.1 Å². The van der Waals surface area contributed by atoms with E-state index in [-0.39, 0.29) is 28.2 Å². The molecule has 0 bridgehead atoms. The van der Waals surface area contributed by atoms with Crippen molar-refractivity contribution in [1.82, 2.24) is 5.32 Å². The highest BCUT2D eigenvalue weighted by atomic mass is 19.4. The third kappa shape index (κ3) is 4.21. The number of hydrogen-bond donors (Lipinski definition) is 3. The fourth-order valence-corrected chi connectivity index (χ4v) is 4.18. The van der Waals surface area contributed by atoms with Crippen molar-refractivity contribution in [3.05, 3.63) is 70.3 Å². The van der Waals surface area contributed by atoms with Crippen molar-refractivity contribution in [1.29, 1.82) is 10.8 Å². The Morgan fingerprint density at radius 2 is 1.55 bits per heavy atom. The molecule has 0 atom stereocenters. The summed E-state index contributed by atoms with van der Waals surface area (Å²) in [5.74, 6) is -0.140. The van der Waals surface area contributed by atoms with E-state index in [1.54, 1.807) is 12.1 Å². The predicted molar refractivity (Wildman–Crippen MR) is 120 cm³/mol. The lowest BCUT2D eigenvalue weighted by molar-refractivity contribution is -0.137.